The first-order chi connectivity index (χ1) is 9.60. The molecule has 5 nitrogen and oxygen atoms in total. The second-order valence-corrected chi connectivity index (χ2v) is 4.48. The second-order valence-electron chi connectivity index (χ2n) is 4.48. The molecule has 0 aliphatic carbocycles. The highest BCUT2D eigenvalue weighted by atomic mass is 16.6. The lowest BCUT2D eigenvalue weighted by molar-refractivity contribution is -0.384. The molecule has 0 bridgehead atoms. The molecule has 0 spiro atoms. The van der Waals surface area contributed by atoms with Crippen LogP contribution in [0.3, 0.4) is 0 Å². The molecular weight excluding hydrogens is 258 g/mol. The van der Waals surface area contributed by atoms with Gasteiger partial charge in [-0.1, -0.05) is 17.7 Å². The summed E-state index contributed by atoms with van der Waals surface area (Å²) >= 11 is 0. The lowest BCUT2D eigenvalue weighted by Gasteiger charge is -2.10. The van der Waals surface area contributed by atoms with E-state index in [-0.39, 0.29) is 12.3 Å². The number of ether oxygens (including phenoxy) is 1. The summed E-state index contributed by atoms with van der Waals surface area (Å²) in [5, 5.41) is 19.8. The number of hydrogen-bond acceptors (Lipinski definition) is 4. The van der Waals surface area contributed by atoms with E-state index in [9.17, 15) is 15.2 Å². The first-order valence-corrected chi connectivity index (χ1v) is 6.16. The number of non-ortho nitro benzene ring substituents is 1. The maximum absolute atomic E-state index is 10.6. The van der Waals surface area contributed by atoms with E-state index in [4.69, 9.17) is 4.74 Å². The molecule has 20 heavy (non-hydrogen) atoms. The summed E-state index contributed by atoms with van der Waals surface area (Å²) in [5.74, 6) is 0.622. The molecule has 0 unspecified atom stereocenters. The van der Waals surface area contributed by atoms with E-state index in [1.54, 1.807) is 12.1 Å². The van der Waals surface area contributed by atoms with Crippen molar-refractivity contribution in [3.05, 3.63) is 69.3 Å². The van der Waals surface area contributed by atoms with Crippen LogP contribution in [0, 0.1) is 17.0 Å². The van der Waals surface area contributed by atoms with Gasteiger partial charge in [0.2, 0.25) is 0 Å². The molecule has 0 saturated heterocycles. The minimum absolute atomic E-state index is 0.0557. The Morgan fingerprint density at radius 3 is 2.50 bits per heavy atom. The van der Waals surface area contributed by atoms with Gasteiger partial charge in [-0.15, -0.1) is 0 Å². The van der Waals surface area contributed by atoms with Crippen molar-refractivity contribution in [2.24, 2.45) is 0 Å². The molecule has 2 aromatic carbocycles. The largest absolute Gasteiger partial charge is 0.489 e. The topological polar surface area (TPSA) is 72.6 Å². The molecule has 0 aliphatic rings. The highest BCUT2D eigenvalue weighted by molar-refractivity contribution is 5.37. The minimum Gasteiger partial charge on any atom is -0.489 e. The average molecular weight is 273 g/mol. The van der Waals surface area contributed by atoms with Crippen LogP contribution in [0.5, 0.6) is 5.75 Å². The SMILES string of the molecule is Cc1ccc(OCc2ccc([N+](=O)[O-])cc2)c(CO)c1. The number of nitro benzene ring substituents is 1. The van der Waals surface area contributed by atoms with Crippen molar-refractivity contribution in [2.75, 3.05) is 0 Å². The monoisotopic (exact) mass is 273 g/mol. The van der Waals surface area contributed by atoms with Crippen LogP contribution in [0.25, 0.3) is 0 Å². The molecular formula is C15H15NO4. The normalized spacial score (nSPS) is 10.3. The summed E-state index contributed by atoms with van der Waals surface area (Å²) in [4.78, 5) is 10.1. The number of rotatable bonds is 5. The van der Waals surface area contributed by atoms with Crippen molar-refractivity contribution in [3.63, 3.8) is 0 Å². The Morgan fingerprint density at radius 2 is 1.90 bits per heavy atom. The summed E-state index contributed by atoms with van der Waals surface area (Å²) < 4.78 is 5.64. The molecule has 2 rings (SSSR count). The fourth-order valence-corrected chi connectivity index (χ4v) is 1.85. The van der Waals surface area contributed by atoms with Crippen LogP contribution in [0.4, 0.5) is 5.69 Å². The summed E-state index contributed by atoms with van der Waals surface area (Å²) in [6.07, 6.45) is 0. The van der Waals surface area contributed by atoms with Gasteiger partial charge in [-0.05, 0) is 30.7 Å². The van der Waals surface area contributed by atoms with Crippen molar-refractivity contribution < 1.29 is 14.8 Å². The van der Waals surface area contributed by atoms with E-state index in [1.807, 2.05) is 25.1 Å². The maximum atomic E-state index is 10.6. The van der Waals surface area contributed by atoms with E-state index < -0.39 is 4.92 Å². The predicted molar refractivity (Wildman–Crippen MR) is 74.5 cm³/mol. The molecule has 5 heteroatoms. The quantitative estimate of drug-likeness (QED) is 0.671. The molecule has 0 amide bonds. The summed E-state index contributed by atoms with van der Waals surface area (Å²) in [6, 6.07) is 11.8. The molecule has 0 aliphatic heterocycles. The Kier molecular flexibility index (Phi) is 4.32. The number of nitrogens with zero attached hydrogens (tertiary/aromatic N) is 1. The first kappa shape index (κ1) is 14.0. The molecule has 0 heterocycles. The third-order valence-corrected chi connectivity index (χ3v) is 2.93. The van der Waals surface area contributed by atoms with Crippen LogP contribution in [0.2, 0.25) is 0 Å². The van der Waals surface area contributed by atoms with Gasteiger partial charge >= 0.3 is 0 Å². The first-order valence-electron chi connectivity index (χ1n) is 6.16. The van der Waals surface area contributed by atoms with Crippen LogP contribution in [-0.4, -0.2) is 10.0 Å². The van der Waals surface area contributed by atoms with Crippen LogP contribution >= 0.6 is 0 Å². The zero-order valence-electron chi connectivity index (χ0n) is 11.1. The molecule has 104 valence electrons. The van der Waals surface area contributed by atoms with E-state index >= 15 is 0 Å². The summed E-state index contributed by atoms with van der Waals surface area (Å²) in [6.45, 7) is 2.16. The number of aliphatic hydroxyl groups excluding tert-OH is 1. The zero-order chi connectivity index (χ0) is 14.5. The van der Waals surface area contributed by atoms with E-state index in [1.165, 1.54) is 12.1 Å². The van der Waals surface area contributed by atoms with Gasteiger partial charge in [0.25, 0.3) is 5.69 Å². The molecule has 0 radical (unpaired) electrons. The number of nitro groups is 1. The molecule has 0 atom stereocenters. The Labute approximate surface area is 116 Å². The smallest absolute Gasteiger partial charge is 0.269 e. The van der Waals surface area contributed by atoms with E-state index in [0.717, 1.165) is 16.7 Å². The summed E-state index contributed by atoms with van der Waals surface area (Å²) in [5.41, 5.74) is 2.67. The van der Waals surface area contributed by atoms with Gasteiger partial charge in [0.1, 0.15) is 12.4 Å². The van der Waals surface area contributed by atoms with Gasteiger partial charge in [0.05, 0.1) is 11.5 Å². The highest BCUT2D eigenvalue weighted by Gasteiger charge is 2.06. The lowest BCUT2D eigenvalue weighted by Crippen LogP contribution is -1.99. The zero-order valence-corrected chi connectivity index (χ0v) is 11.1. The number of aryl methyl sites for hydroxylation is 1. The average Bonchev–Trinajstić information content (AvgIpc) is 2.46. The summed E-state index contributed by atoms with van der Waals surface area (Å²) in [7, 11) is 0. The van der Waals surface area contributed by atoms with Gasteiger partial charge in [0, 0.05) is 17.7 Å². The van der Waals surface area contributed by atoms with Gasteiger partial charge in [-0.25, -0.2) is 0 Å². The van der Waals surface area contributed by atoms with Crippen LogP contribution < -0.4 is 4.74 Å². The van der Waals surface area contributed by atoms with Crippen molar-refractivity contribution in [2.45, 2.75) is 20.1 Å². The number of aliphatic hydroxyl groups is 1. The van der Waals surface area contributed by atoms with E-state index in [2.05, 4.69) is 0 Å². The minimum atomic E-state index is -0.436. The van der Waals surface area contributed by atoms with Gasteiger partial charge in [-0.3, -0.25) is 10.1 Å². The van der Waals surface area contributed by atoms with Crippen molar-refractivity contribution in [3.8, 4) is 5.75 Å². The molecule has 1 N–H and O–H groups in total. The Balaban J connectivity index is 2.06. The number of hydrogen-bond donors (Lipinski definition) is 1. The van der Waals surface area contributed by atoms with Gasteiger partial charge in [-0.2, -0.15) is 0 Å². The fourth-order valence-electron chi connectivity index (χ4n) is 1.85. The number of benzene rings is 2. The molecule has 2 aromatic rings. The lowest BCUT2D eigenvalue weighted by atomic mass is 10.1. The highest BCUT2D eigenvalue weighted by Crippen LogP contribution is 2.21. The Hall–Kier alpha value is -2.40. The van der Waals surface area contributed by atoms with Crippen molar-refractivity contribution in [1.82, 2.24) is 0 Å². The van der Waals surface area contributed by atoms with Gasteiger partial charge < -0.3 is 9.84 Å². The third kappa shape index (κ3) is 3.33. The fraction of sp³-hybridized carbons (Fsp3) is 0.200. The Bertz CT molecular complexity index is 608. The standard InChI is InChI=1S/C15H15NO4/c1-11-2-7-15(13(8-11)9-17)20-10-12-3-5-14(6-4-12)16(18)19/h2-8,17H,9-10H2,1H3. The van der Waals surface area contributed by atoms with Crippen LogP contribution in [-0.2, 0) is 13.2 Å². The van der Waals surface area contributed by atoms with Crippen LogP contribution in [0.1, 0.15) is 16.7 Å². The Morgan fingerprint density at radius 1 is 1.20 bits per heavy atom. The third-order valence-electron chi connectivity index (χ3n) is 2.93. The molecule has 0 aromatic heterocycles. The predicted octanol–water partition coefficient (Wildman–Crippen LogP) is 2.97. The van der Waals surface area contributed by atoms with Crippen molar-refractivity contribution in [1.29, 1.82) is 0 Å². The molecule has 0 fully saturated rings. The van der Waals surface area contributed by atoms with Crippen LogP contribution in [0.15, 0.2) is 42.5 Å². The van der Waals surface area contributed by atoms with Gasteiger partial charge in [0.15, 0.2) is 0 Å². The second kappa shape index (κ2) is 6.16. The molecule has 0 saturated carbocycles. The van der Waals surface area contributed by atoms with Crippen molar-refractivity contribution >= 4 is 5.69 Å². The maximum Gasteiger partial charge on any atom is 0.269 e. The van der Waals surface area contributed by atoms with E-state index in [0.29, 0.717) is 12.4 Å².